The molecule has 0 aliphatic rings. The van der Waals surface area contributed by atoms with E-state index in [1.54, 1.807) is 24.3 Å². The van der Waals surface area contributed by atoms with Crippen molar-refractivity contribution in [3.05, 3.63) is 86.9 Å². The summed E-state index contributed by atoms with van der Waals surface area (Å²) in [4.78, 5) is 12.1. The van der Waals surface area contributed by atoms with Gasteiger partial charge in [-0.1, -0.05) is 41.4 Å². The molecule has 2 N–H and O–H groups in total. The maximum Gasteiger partial charge on any atom is 0.272 e. The fourth-order valence-electron chi connectivity index (χ4n) is 2.90. The van der Waals surface area contributed by atoms with Crippen molar-refractivity contribution >= 4 is 49.8 Å². The summed E-state index contributed by atoms with van der Waals surface area (Å²) in [5.74, 6) is -0.852. The Hall–Kier alpha value is -2.81. The fourth-order valence-corrected chi connectivity index (χ4v) is 4.74. The Morgan fingerprint density at radius 2 is 1.72 bits per heavy atom. The fraction of sp³-hybridized carbons (Fsp3) is 0. The molecule has 0 amide bonds. The van der Waals surface area contributed by atoms with Crippen LogP contribution < -0.4 is 10.3 Å². The van der Waals surface area contributed by atoms with Crippen molar-refractivity contribution in [3.63, 3.8) is 0 Å². The molecule has 0 radical (unpaired) electrons. The van der Waals surface area contributed by atoms with Gasteiger partial charge in [-0.15, -0.1) is 0 Å². The van der Waals surface area contributed by atoms with Crippen LogP contribution in [0, 0.1) is 5.82 Å². The summed E-state index contributed by atoms with van der Waals surface area (Å²) in [6.45, 7) is 0. The Kier molecular flexibility index (Phi) is 4.85. The van der Waals surface area contributed by atoms with Gasteiger partial charge in [0.2, 0.25) is 0 Å². The van der Waals surface area contributed by atoms with E-state index in [-0.39, 0.29) is 31.5 Å². The van der Waals surface area contributed by atoms with E-state index in [0.717, 1.165) is 12.1 Å². The highest BCUT2D eigenvalue weighted by Crippen LogP contribution is 2.29. The van der Waals surface area contributed by atoms with E-state index >= 15 is 0 Å². The van der Waals surface area contributed by atoms with Crippen molar-refractivity contribution in [2.24, 2.45) is 0 Å². The molecule has 0 fully saturated rings. The van der Waals surface area contributed by atoms with Crippen molar-refractivity contribution < 1.29 is 12.8 Å². The number of aromatic amines is 1. The minimum Gasteiger partial charge on any atom is -0.277 e. The maximum absolute atomic E-state index is 14.7. The molecule has 10 heteroatoms. The molecule has 0 saturated carbocycles. The molecule has 4 aromatic rings. The largest absolute Gasteiger partial charge is 0.277 e. The number of rotatable bonds is 4. The van der Waals surface area contributed by atoms with E-state index in [4.69, 9.17) is 23.2 Å². The summed E-state index contributed by atoms with van der Waals surface area (Å²) < 4.78 is 43.6. The lowest BCUT2D eigenvalue weighted by Gasteiger charge is -2.11. The lowest BCUT2D eigenvalue weighted by atomic mass is 10.2. The molecule has 4 rings (SSSR count). The second-order valence-electron chi connectivity index (χ2n) is 6.14. The van der Waals surface area contributed by atoms with E-state index in [2.05, 4.69) is 9.82 Å². The molecule has 0 aliphatic carbocycles. The van der Waals surface area contributed by atoms with Gasteiger partial charge < -0.3 is 0 Å². The zero-order valence-corrected chi connectivity index (χ0v) is 16.8. The Morgan fingerprint density at radius 3 is 2.41 bits per heavy atom. The van der Waals surface area contributed by atoms with E-state index in [9.17, 15) is 17.6 Å². The third-order valence-electron chi connectivity index (χ3n) is 4.23. The minimum absolute atomic E-state index is 0.112. The van der Waals surface area contributed by atoms with Crippen LogP contribution in [0.2, 0.25) is 10.0 Å². The van der Waals surface area contributed by atoms with Gasteiger partial charge in [-0.3, -0.25) is 19.3 Å². The van der Waals surface area contributed by atoms with E-state index < -0.39 is 21.4 Å². The zero-order chi connectivity index (χ0) is 20.8. The molecule has 0 aliphatic heterocycles. The highest BCUT2D eigenvalue weighted by molar-refractivity contribution is 7.92. The van der Waals surface area contributed by atoms with Crippen molar-refractivity contribution in [2.45, 2.75) is 4.90 Å². The normalized spacial score (nSPS) is 11.7. The molecule has 3 aromatic carbocycles. The average molecular weight is 452 g/mol. The first-order chi connectivity index (χ1) is 13.8. The monoisotopic (exact) mass is 451 g/mol. The van der Waals surface area contributed by atoms with Crippen LogP contribution >= 0.6 is 23.2 Å². The first kappa shape index (κ1) is 19.5. The van der Waals surface area contributed by atoms with Gasteiger partial charge >= 0.3 is 0 Å². The Balaban J connectivity index is 1.81. The van der Waals surface area contributed by atoms with Gasteiger partial charge in [-0.2, -0.15) is 0 Å². The summed E-state index contributed by atoms with van der Waals surface area (Å²) in [6.07, 6.45) is 0. The number of sulfonamides is 1. The third kappa shape index (κ3) is 3.62. The molecule has 6 nitrogen and oxygen atoms in total. The molecule has 0 bridgehead atoms. The predicted molar refractivity (Wildman–Crippen MR) is 111 cm³/mol. The zero-order valence-electron chi connectivity index (χ0n) is 14.5. The second kappa shape index (κ2) is 7.22. The molecule has 148 valence electrons. The smallest absolute Gasteiger partial charge is 0.272 e. The van der Waals surface area contributed by atoms with Crippen LogP contribution in [0.1, 0.15) is 0 Å². The first-order valence-electron chi connectivity index (χ1n) is 8.24. The van der Waals surface area contributed by atoms with Gasteiger partial charge in [0, 0.05) is 11.1 Å². The Bertz CT molecular complexity index is 1400. The number of H-pyrrole nitrogens is 1. The standard InChI is InChI=1S/C19H12Cl2FN3O3S/c20-11-6-7-18(14(21)8-11)29(27,28)24-16-9-13-17(10-15(16)22)25(23-19(13)26)12-4-2-1-3-5-12/h1-10,24H,(H,23,26). The SMILES string of the molecule is O=c1[nH]n(-c2ccccc2)c2cc(F)c(NS(=O)(=O)c3ccc(Cl)cc3Cl)cc12. The lowest BCUT2D eigenvalue weighted by Crippen LogP contribution is -2.14. The van der Waals surface area contributed by atoms with E-state index in [1.165, 1.54) is 22.9 Å². The van der Waals surface area contributed by atoms with Gasteiger partial charge in [-0.25, -0.2) is 12.8 Å². The average Bonchev–Trinajstić information content (AvgIpc) is 2.98. The number of anilines is 1. The molecular formula is C19H12Cl2FN3O3S. The molecular weight excluding hydrogens is 440 g/mol. The summed E-state index contributed by atoms with van der Waals surface area (Å²) in [5, 5.41) is 2.88. The number of para-hydroxylation sites is 1. The number of aromatic nitrogens is 2. The summed E-state index contributed by atoms with van der Waals surface area (Å²) >= 11 is 11.7. The van der Waals surface area contributed by atoms with Crippen molar-refractivity contribution in [3.8, 4) is 5.69 Å². The minimum atomic E-state index is -4.21. The Labute approximate surface area is 174 Å². The number of hydrogen-bond acceptors (Lipinski definition) is 3. The van der Waals surface area contributed by atoms with Gasteiger partial charge in [0.25, 0.3) is 15.6 Å². The lowest BCUT2D eigenvalue weighted by molar-refractivity contribution is 0.598. The highest BCUT2D eigenvalue weighted by atomic mass is 35.5. The van der Waals surface area contributed by atoms with Crippen LogP contribution in [0.4, 0.5) is 10.1 Å². The summed E-state index contributed by atoms with van der Waals surface area (Å²) in [5.41, 5.74) is 0.0279. The maximum atomic E-state index is 14.7. The third-order valence-corrected chi connectivity index (χ3v) is 6.31. The van der Waals surface area contributed by atoms with Gasteiger partial charge in [0.05, 0.1) is 27.3 Å². The van der Waals surface area contributed by atoms with Crippen molar-refractivity contribution in [1.29, 1.82) is 0 Å². The molecule has 0 spiro atoms. The Morgan fingerprint density at radius 1 is 1.00 bits per heavy atom. The molecule has 29 heavy (non-hydrogen) atoms. The number of fused-ring (bicyclic) bond motifs is 1. The van der Waals surface area contributed by atoms with Crippen LogP contribution in [-0.2, 0) is 10.0 Å². The summed E-state index contributed by atoms with van der Waals surface area (Å²) in [6, 6.07) is 14.9. The number of halogens is 3. The number of nitrogens with zero attached hydrogens (tertiary/aromatic N) is 1. The van der Waals surface area contributed by atoms with E-state index in [1.807, 2.05) is 6.07 Å². The first-order valence-corrected chi connectivity index (χ1v) is 10.5. The van der Waals surface area contributed by atoms with Gasteiger partial charge in [0.1, 0.15) is 10.7 Å². The van der Waals surface area contributed by atoms with Crippen molar-refractivity contribution in [2.75, 3.05) is 4.72 Å². The highest BCUT2D eigenvalue weighted by Gasteiger charge is 2.21. The van der Waals surface area contributed by atoms with Crippen LogP contribution in [-0.4, -0.2) is 18.2 Å². The van der Waals surface area contributed by atoms with Crippen LogP contribution in [0.15, 0.2) is 70.4 Å². The topological polar surface area (TPSA) is 84.0 Å². The van der Waals surface area contributed by atoms with E-state index in [0.29, 0.717) is 5.69 Å². The number of benzene rings is 3. The van der Waals surface area contributed by atoms with Gasteiger partial charge in [0.15, 0.2) is 0 Å². The van der Waals surface area contributed by atoms with Crippen LogP contribution in [0.25, 0.3) is 16.6 Å². The molecule has 0 atom stereocenters. The summed E-state index contributed by atoms with van der Waals surface area (Å²) in [7, 11) is -4.21. The molecule has 0 unspecified atom stereocenters. The number of hydrogen-bond donors (Lipinski definition) is 2. The van der Waals surface area contributed by atoms with Crippen LogP contribution in [0.5, 0.6) is 0 Å². The predicted octanol–water partition coefficient (Wildman–Crippen LogP) is 4.57. The molecule has 0 saturated heterocycles. The van der Waals surface area contributed by atoms with Gasteiger partial charge in [-0.05, 0) is 36.4 Å². The molecule has 1 aromatic heterocycles. The van der Waals surface area contributed by atoms with Crippen molar-refractivity contribution in [1.82, 2.24) is 9.78 Å². The second-order valence-corrected chi connectivity index (χ2v) is 8.64. The molecule has 1 heterocycles. The van der Waals surface area contributed by atoms with Crippen LogP contribution in [0.3, 0.4) is 0 Å². The number of nitrogens with one attached hydrogen (secondary N) is 2. The quantitative estimate of drug-likeness (QED) is 0.476.